The molecule has 0 amide bonds. The summed E-state index contributed by atoms with van der Waals surface area (Å²) >= 11 is 1.35. The third-order valence-corrected chi connectivity index (χ3v) is 3.06. The molecule has 2 aromatic rings. The van der Waals surface area contributed by atoms with Crippen LogP contribution in [-0.2, 0) is 6.54 Å². The molecule has 0 bridgehead atoms. The highest BCUT2D eigenvalue weighted by molar-refractivity contribution is 7.99. The quantitative estimate of drug-likeness (QED) is 0.612. The first-order valence-electron chi connectivity index (χ1n) is 5.30. The minimum atomic E-state index is -0.276. The van der Waals surface area contributed by atoms with Gasteiger partial charge in [-0.1, -0.05) is 17.8 Å². The van der Waals surface area contributed by atoms with E-state index >= 15 is 0 Å². The van der Waals surface area contributed by atoms with Gasteiger partial charge in [0.15, 0.2) is 5.16 Å². The van der Waals surface area contributed by atoms with Crippen molar-refractivity contribution in [3.8, 4) is 0 Å². The minimum Gasteiger partial charge on any atom is -0.383 e. The van der Waals surface area contributed by atoms with E-state index in [1.54, 1.807) is 22.9 Å². The fraction of sp³-hybridized carbons (Fsp3) is 0.182. The van der Waals surface area contributed by atoms with Gasteiger partial charge in [-0.15, -0.1) is 0 Å². The summed E-state index contributed by atoms with van der Waals surface area (Å²) in [4.78, 5) is 29.1. The Morgan fingerprint density at radius 2 is 2.22 bits per heavy atom. The second-order valence-electron chi connectivity index (χ2n) is 3.56. The number of nitrogens with zero attached hydrogens (tertiary/aromatic N) is 2. The van der Waals surface area contributed by atoms with Crippen molar-refractivity contribution in [2.45, 2.75) is 11.7 Å². The van der Waals surface area contributed by atoms with Crippen LogP contribution in [0, 0.1) is 0 Å². The molecule has 0 fully saturated rings. The minimum absolute atomic E-state index is 0.0490. The summed E-state index contributed by atoms with van der Waals surface area (Å²) in [7, 11) is 0. The Hall–Kier alpha value is -2.02. The Morgan fingerprint density at radius 3 is 2.94 bits per heavy atom. The average Bonchev–Trinajstić information content (AvgIpc) is 2.30. The number of anilines is 1. The molecule has 0 spiro atoms. The van der Waals surface area contributed by atoms with Gasteiger partial charge in [-0.2, -0.15) is 0 Å². The molecule has 0 atom stereocenters. The van der Waals surface area contributed by atoms with Crippen molar-refractivity contribution >= 4 is 17.6 Å². The van der Waals surface area contributed by atoms with Crippen LogP contribution in [-0.4, -0.2) is 20.3 Å². The van der Waals surface area contributed by atoms with E-state index in [1.165, 1.54) is 23.9 Å². The van der Waals surface area contributed by atoms with Gasteiger partial charge in [0, 0.05) is 30.6 Å². The summed E-state index contributed by atoms with van der Waals surface area (Å²) in [6.07, 6.45) is 1.72. The highest BCUT2D eigenvalue weighted by Crippen LogP contribution is 2.11. The van der Waals surface area contributed by atoms with Crippen molar-refractivity contribution in [2.24, 2.45) is 0 Å². The Morgan fingerprint density at radius 1 is 1.39 bits per heavy atom. The van der Waals surface area contributed by atoms with Crippen LogP contribution in [0.5, 0.6) is 0 Å². The van der Waals surface area contributed by atoms with Crippen LogP contribution in [0.1, 0.15) is 0 Å². The van der Waals surface area contributed by atoms with Crippen LogP contribution < -0.4 is 16.9 Å². The molecular formula is C11H12N4O2S. The molecule has 0 saturated carbocycles. The normalized spacial score (nSPS) is 10.4. The number of thioether (sulfide) groups is 1. The SMILES string of the molecule is Nc1cc(=O)[nH]c(SCCn2ccccc2=O)n1. The number of nitrogens with two attached hydrogens (primary N) is 1. The molecule has 2 heterocycles. The molecule has 2 rings (SSSR count). The lowest BCUT2D eigenvalue weighted by Crippen LogP contribution is -2.19. The number of nitrogens with one attached hydrogen (secondary N) is 1. The van der Waals surface area contributed by atoms with Gasteiger partial charge < -0.3 is 15.3 Å². The summed E-state index contributed by atoms with van der Waals surface area (Å²) in [6.45, 7) is 0.544. The van der Waals surface area contributed by atoms with Crippen molar-refractivity contribution in [3.63, 3.8) is 0 Å². The molecule has 0 radical (unpaired) electrons. The molecule has 3 N–H and O–H groups in total. The van der Waals surface area contributed by atoms with E-state index < -0.39 is 0 Å². The van der Waals surface area contributed by atoms with Gasteiger partial charge in [-0.25, -0.2) is 4.98 Å². The topological polar surface area (TPSA) is 93.8 Å². The third kappa shape index (κ3) is 3.24. The number of aromatic nitrogens is 3. The molecule has 7 heteroatoms. The molecule has 0 aliphatic rings. The number of hydrogen-bond acceptors (Lipinski definition) is 5. The van der Waals surface area contributed by atoms with Crippen LogP contribution in [0.15, 0.2) is 45.2 Å². The maximum absolute atomic E-state index is 11.4. The van der Waals surface area contributed by atoms with Crippen LogP contribution >= 0.6 is 11.8 Å². The number of H-pyrrole nitrogens is 1. The van der Waals surface area contributed by atoms with Gasteiger partial charge in [-0.05, 0) is 6.07 Å². The molecule has 0 aliphatic carbocycles. The first-order chi connectivity index (χ1) is 8.65. The molecule has 94 valence electrons. The molecule has 2 aromatic heterocycles. The molecule has 0 saturated heterocycles. The number of hydrogen-bond donors (Lipinski definition) is 2. The van der Waals surface area contributed by atoms with Gasteiger partial charge in [0.25, 0.3) is 11.1 Å². The molecule has 0 aromatic carbocycles. The van der Waals surface area contributed by atoms with E-state index in [1.807, 2.05) is 0 Å². The second kappa shape index (κ2) is 5.54. The lowest BCUT2D eigenvalue weighted by molar-refractivity contribution is 0.733. The Bertz CT molecular complexity index is 650. The van der Waals surface area contributed by atoms with Crippen LogP contribution in [0.3, 0.4) is 0 Å². The number of rotatable bonds is 4. The first-order valence-corrected chi connectivity index (χ1v) is 6.29. The van der Waals surface area contributed by atoms with E-state index in [2.05, 4.69) is 9.97 Å². The lowest BCUT2D eigenvalue weighted by Gasteiger charge is -2.04. The van der Waals surface area contributed by atoms with Gasteiger partial charge in [0.2, 0.25) is 0 Å². The smallest absolute Gasteiger partial charge is 0.253 e. The average molecular weight is 264 g/mol. The van der Waals surface area contributed by atoms with Gasteiger partial charge in [-0.3, -0.25) is 9.59 Å². The van der Waals surface area contributed by atoms with Crippen LogP contribution in [0.4, 0.5) is 5.82 Å². The third-order valence-electron chi connectivity index (χ3n) is 2.21. The zero-order valence-electron chi connectivity index (χ0n) is 9.50. The Balaban J connectivity index is 1.99. The van der Waals surface area contributed by atoms with E-state index in [4.69, 9.17) is 5.73 Å². The lowest BCUT2D eigenvalue weighted by atomic mass is 10.5. The number of aromatic amines is 1. The zero-order chi connectivity index (χ0) is 13.0. The van der Waals surface area contributed by atoms with Gasteiger partial charge in [0.05, 0.1) is 0 Å². The molecule has 0 aliphatic heterocycles. The highest BCUT2D eigenvalue weighted by Gasteiger charge is 2.00. The number of aryl methyl sites for hydroxylation is 1. The van der Waals surface area contributed by atoms with E-state index in [0.717, 1.165) is 0 Å². The van der Waals surface area contributed by atoms with E-state index in [-0.39, 0.29) is 16.9 Å². The van der Waals surface area contributed by atoms with Crippen LogP contribution in [0.25, 0.3) is 0 Å². The van der Waals surface area contributed by atoms with Crippen molar-refractivity contribution in [3.05, 3.63) is 51.2 Å². The van der Waals surface area contributed by atoms with Crippen molar-refractivity contribution < 1.29 is 0 Å². The fourth-order valence-electron chi connectivity index (χ4n) is 1.41. The molecular weight excluding hydrogens is 252 g/mol. The second-order valence-corrected chi connectivity index (χ2v) is 4.64. The monoisotopic (exact) mass is 264 g/mol. The maximum atomic E-state index is 11.4. The highest BCUT2D eigenvalue weighted by atomic mass is 32.2. The van der Waals surface area contributed by atoms with E-state index in [0.29, 0.717) is 17.5 Å². The predicted octanol–water partition coefficient (Wildman–Crippen LogP) is 0.306. The zero-order valence-corrected chi connectivity index (χ0v) is 10.3. The summed E-state index contributed by atoms with van der Waals surface area (Å²) < 4.78 is 1.59. The summed E-state index contributed by atoms with van der Waals surface area (Å²) in [5.41, 5.74) is 5.14. The summed E-state index contributed by atoms with van der Waals surface area (Å²) in [5, 5.41) is 0.462. The van der Waals surface area contributed by atoms with Crippen molar-refractivity contribution in [2.75, 3.05) is 11.5 Å². The standard InChI is InChI=1S/C11H12N4O2S/c12-8-7-9(16)14-11(13-8)18-6-5-15-4-2-1-3-10(15)17/h1-4,7H,5-6H2,(H3,12,13,14,16). The largest absolute Gasteiger partial charge is 0.383 e. The fourth-order valence-corrected chi connectivity index (χ4v) is 2.23. The summed E-state index contributed by atoms with van der Waals surface area (Å²) in [5.74, 6) is 0.814. The molecule has 0 unspecified atom stereocenters. The Kier molecular flexibility index (Phi) is 3.83. The number of pyridine rings is 1. The van der Waals surface area contributed by atoms with Crippen molar-refractivity contribution in [1.29, 1.82) is 0 Å². The molecule has 18 heavy (non-hydrogen) atoms. The summed E-state index contributed by atoms with van der Waals surface area (Å²) in [6, 6.07) is 6.23. The maximum Gasteiger partial charge on any atom is 0.253 e. The van der Waals surface area contributed by atoms with E-state index in [9.17, 15) is 9.59 Å². The van der Waals surface area contributed by atoms with Crippen LogP contribution in [0.2, 0.25) is 0 Å². The van der Waals surface area contributed by atoms with Crippen molar-refractivity contribution in [1.82, 2.24) is 14.5 Å². The van der Waals surface area contributed by atoms with Gasteiger partial charge in [0.1, 0.15) is 5.82 Å². The molecule has 6 nitrogen and oxygen atoms in total. The predicted molar refractivity (Wildman–Crippen MR) is 70.7 cm³/mol. The van der Waals surface area contributed by atoms with Gasteiger partial charge >= 0.3 is 0 Å². The first kappa shape index (κ1) is 12.4. The Labute approximate surface area is 107 Å². The number of nitrogen functional groups attached to an aromatic ring is 1.